The van der Waals surface area contributed by atoms with Gasteiger partial charge in [0.1, 0.15) is 23.7 Å². The summed E-state index contributed by atoms with van der Waals surface area (Å²) < 4.78 is 4.75. The molecule has 2 aromatic heterocycles. The van der Waals surface area contributed by atoms with Crippen molar-refractivity contribution in [1.29, 1.82) is 0 Å². The van der Waals surface area contributed by atoms with Crippen LogP contribution in [0.4, 0.5) is 9.59 Å². The number of H-pyrrole nitrogens is 2. The van der Waals surface area contributed by atoms with Gasteiger partial charge in [0.25, 0.3) is 0 Å². The molecule has 1 aliphatic carbocycles. The van der Waals surface area contributed by atoms with Crippen LogP contribution in [0.3, 0.4) is 0 Å². The van der Waals surface area contributed by atoms with Crippen molar-refractivity contribution in [1.82, 2.24) is 40.0 Å². The molecule has 4 N–H and O–H groups in total. The van der Waals surface area contributed by atoms with Gasteiger partial charge in [0.2, 0.25) is 11.8 Å². The Kier molecular flexibility index (Phi) is 11.8. The predicted molar refractivity (Wildman–Crippen MR) is 203 cm³/mol. The van der Waals surface area contributed by atoms with Crippen molar-refractivity contribution in [2.24, 2.45) is 11.8 Å². The first-order valence-corrected chi connectivity index (χ1v) is 19.2. The number of carbonyl (C=O) groups excluding carboxylic acids is 3. The number of hydrogen-bond donors (Lipinski definition) is 4. The van der Waals surface area contributed by atoms with Crippen LogP contribution in [0, 0.1) is 11.8 Å². The Labute approximate surface area is 316 Å². The zero-order valence-corrected chi connectivity index (χ0v) is 32.2. The zero-order chi connectivity index (χ0) is 38.7. The van der Waals surface area contributed by atoms with E-state index in [0.29, 0.717) is 19.0 Å². The van der Waals surface area contributed by atoms with Gasteiger partial charge < -0.3 is 34.9 Å². The highest BCUT2D eigenvalue weighted by Crippen LogP contribution is 2.38. The van der Waals surface area contributed by atoms with Crippen LogP contribution in [0.15, 0.2) is 42.7 Å². The van der Waals surface area contributed by atoms with E-state index in [4.69, 9.17) is 14.7 Å². The summed E-state index contributed by atoms with van der Waals surface area (Å²) in [6.07, 6.45) is 10.4. The number of rotatable bonds is 11. The first kappa shape index (κ1) is 38.6. The van der Waals surface area contributed by atoms with Gasteiger partial charge in [-0.3, -0.25) is 14.5 Å². The first-order valence-electron chi connectivity index (χ1n) is 19.2. The Morgan fingerprint density at radius 2 is 1.46 bits per heavy atom. The van der Waals surface area contributed by atoms with Crippen LogP contribution in [0.5, 0.6) is 0 Å². The number of nitrogens with one attached hydrogen (secondary N) is 3. The topological polar surface area (TPSA) is 177 Å². The number of allylic oxidation sites excluding steroid dienone is 2. The molecule has 0 saturated carbocycles. The third kappa shape index (κ3) is 8.02. The Morgan fingerprint density at radius 1 is 0.870 bits per heavy atom. The van der Waals surface area contributed by atoms with Crippen molar-refractivity contribution in [2.45, 2.75) is 103 Å². The molecule has 14 nitrogen and oxygen atoms in total. The fraction of sp³-hybridized carbons (Fsp3) is 0.550. The summed E-state index contributed by atoms with van der Waals surface area (Å²) in [6, 6.07) is 6.74. The van der Waals surface area contributed by atoms with Crippen LogP contribution < -0.4 is 5.32 Å². The summed E-state index contributed by atoms with van der Waals surface area (Å²) in [5, 5.41) is 12.3. The Hall–Kier alpha value is -5.14. The number of benzene rings is 1. The number of likely N-dealkylation sites (N-methyl/N-ethyl adjacent to an activating group) is 1. The highest BCUT2D eigenvalue weighted by atomic mass is 16.5. The number of amides is 4. The lowest BCUT2D eigenvalue weighted by molar-refractivity contribution is -0.138. The lowest BCUT2D eigenvalue weighted by Gasteiger charge is -2.33. The maximum atomic E-state index is 13.6. The predicted octanol–water partition coefficient (Wildman–Crippen LogP) is 6.49. The lowest BCUT2D eigenvalue weighted by Crippen LogP contribution is -2.51. The van der Waals surface area contributed by atoms with Crippen molar-refractivity contribution < 1.29 is 29.0 Å². The van der Waals surface area contributed by atoms with Crippen LogP contribution >= 0.6 is 0 Å². The van der Waals surface area contributed by atoms with Gasteiger partial charge in [-0.15, -0.1) is 0 Å². The smallest absolute Gasteiger partial charge is 0.407 e. The summed E-state index contributed by atoms with van der Waals surface area (Å²) in [6.45, 7) is 8.74. The quantitative estimate of drug-likeness (QED) is 0.172. The SMILES string of the molecule is COC(=O)N[C@H](C(=O)N1CCC[C@H]1c1nc(-c2ccc(C3CC=C(c4c[nH]c([C@@H]5CCCN5C(=O)[C@H](C(C)C)N(C)C(=O)O)n4)CC3)cc2)c[nH]1)C(C)C. The Morgan fingerprint density at radius 3 is 2.00 bits per heavy atom. The summed E-state index contributed by atoms with van der Waals surface area (Å²) in [5.74, 6) is 1.31. The molecule has 4 amide bonds. The molecule has 1 aromatic carbocycles. The second-order valence-electron chi connectivity index (χ2n) is 15.5. The molecule has 6 rings (SSSR count). The molecule has 2 fully saturated rings. The van der Waals surface area contributed by atoms with Crippen LogP contribution in [-0.2, 0) is 14.3 Å². The van der Waals surface area contributed by atoms with E-state index in [2.05, 4.69) is 45.6 Å². The standard InChI is InChI=1S/C40H54N8O6/c1-23(2)33(45-39(51)54-6)37(49)47-19-7-9-31(47)35-41-21-29(43-35)27-15-11-25(12-16-27)26-13-17-28(18-14-26)30-22-42-36(44-30)32-10-8-20-48(32)38(50)34(24(3)4)46(5)40(52)53/h11-12,15-17,21-24,26,31-34H,7-10,13-14,18-20H2,1-6H3,(H,41,43)(H,42,44)(H,45,51)(H,52,53)/t26?,31-,32-,33-,34-/m0/s1. The number of imidazole rings is 2. The average Bonchev–Trinajstić information content (AvgIpc) is 4.00. The molecular weight excluding hydrogens is 688 g/mol. The van der Waals surface area contributed by atoms with Gasteiger partial charge in [-0.2, -0.15) is 0 Å². The fourth-order valence-corrected chi connectivity index (χ4v) is 8.32. The third-order valence-electron chi connectivity index (χ3n) is 11.3. The number of alkyl carbamates (subject to hydrolysis) is 1. The van der Waals surface area contributed by atoms with Crippen molar-refractivity contribution >= 4 is 29.6 Å². The molecule has 0 radical (unpaired) electrons. The Bertz CT molecular complexity index is 1850. The van der Waals surface area contributed by atoms with Crippen LogP contribution in [-0.4, -0.2) is 103 Å². The van der Waals surface area contributed by atoms with E-state index < -0.39 is 24.3 Å². The normalized spacial score (nSPS) is 21.3. The molecule has 3 aliphatic rings. The minimum absolute atomic E-state index is 0.0980. The van der Waals surface area contributed by atoms with E-state index in [1.807, 2.05) is 45.0 Å². The molecule has 0 spiro atoms. The van der Waals surface area contributed by atoms with Crippen molar-refractivity contribution in [2.75, 3.05) is 27.2 Å². The second-order valence-corrected chi connectivity index (χ2v) is 15.5. The highest BCUT2D eigenvalue weighted by molar-refractivity contribution is 5.87. The zero-order valence-electron chi connectivity index (χ0n) is 32.2. The minimum atomic E-state index is -1.11. The number of nitrogens with zero attached hydrogens (tertiary/aromatic N) is 5. The minimum Gasteiger partial charge on any atom is -0.465 e. The van der Waals surface area contributed by atoms with Gasteiger partial charge in [0.15, 0.2) is 0 Å². The summed E-state index contributed by atoms with van der Waals surface area (Å²) in [5.41, 5.74) is 5.17. The molecule has 4 heterocycles. The number of methoxy groups -OCH3 is 1. The molecule has 5 atom stereocenters. The largest absolute Gasteiger partial charge is 0.465 e. The van der Waals surface area contributed by atoms with E-state index in [0.717, 1.165) is 78.4 Å². The number of aromatic nitrogens is 4. The number of carbonyl (C=O) groups is 4. The average molecular weight is 743 g/mol. The lowest BCUT2D eigenvalue weighted by atomic mass is 9.83. The number of likely N-dealkylation sites (tertiary alicyclic amines) is 2. The number of carboxylic acid groups (broad SMARTS) is 1. The molecule has 1 unspecified atom stereocenters. The van der Waals surface area contributed by atoms with Gasteiger partial charge in [-0.05, 0) is 73.8 Å². The van der Waals surface area contributed by atoms with E-state index >= 15 is 0 Å². The maximum Gasteiger partial charge on any atom is 0.407 e. The summed E-state index contributed by atoms with van der Waals surface area (Å²) in [7, 11) is 2.75. The highest BCUT2D eigenvalue weighted by Gasteiger charge is 2.40. The molecule has 2 saturated heterocycles. The second kappa shape index (κ2) is 16.5. The van der Waals surface area contributed by atoms with Crippen molar-refractivity contribution in [3.8, 4) is 11.3 Å². The number of aromatic amines is 2. The van der Waals surface area contributed by atoms with E-state index in [-0.39, 0.29) is 35.7 Å². The van der Waals surface area contributed by atoms with Crippen molar-refractivity contribution in [3.05, 3.63) is 65.6 Å². The van der Waals surface area contributed by atoms with Gasteiger partial charge in [0.05, 0.1) is 30.6 Å². The molecule has 14 heteroatoms. The molecule has 54 heavy (non-hydrogen) atoms. The third-order valence-corrected chi connectivity index (χ3v) is 11.3. The van der Waals surface area contributed by atoms with Crippen LogP contribution in [0.2, 0.25) is 0 Å². The number of ether oxygens (including phenoxy) is 1. The van der Waals surface area contributed by atoms with E-state index in [1.54, 1.807) is 4.90 Å². The number of hydrogen-bond acceptors (Lipinski definition) is 7. The molecule has 2 aliphatic heterocycles. The van der Waals surface area contributed by atoms with E-state index in [9.17, 15) is 24.3 Å². The fourth-order valence-electron chi connectivity index (χ4n) is 8.32. The molecule has 290 valence electrons. The molecule has 0 bridgehead atoms. The first-order chi connectivity index (χ1) is 25.9. The van der Waals surface area contributed by atoms with E-state index in [1.165, 1.54) is 25.3 Å². The molecular formula is C40H54N8O6. The summed E-state index contributed by atoms with van der Waals surface area (Å²) >= 11 is 0. The van der Waals surface area contributed by atoms with Crippen LogP contribution in [0.1, 0.15) is 114 Å². The van der Waals surface area contributed by atoms with Gasteiger partial charge in [0, 0.05) is 38.1 Å². The summed E-state index contributed by atoms with van der Waals surface area (Å²) in [4.78, 5) is 72.0. The van der Waals surface area contributed by atoms with Gasteiger partial charge >= 0.3 is 12.2 Å². The monoisotopic (exact) mass is 742 g/mol. The molecule has 3 aromatic rings. The Balaban J connectivity index is 1.08. The van der Waals surface area contributed by atoms with Crippen LogP contribution in [0.25, 0.3) is 16.8 Å². The maximum absolute atomic E-state index is 13.6. The van der Waals surface area contributed by atoms with Gasteiger partial charge in [-0.1, -0.05) is 58.0 Å². The van der Waals surface area contributed by atoms with Crippen molar-refractivity contribution in [3.63, 3.8) is 0 Å². The van der Waals surface area contributed by atoms with Gasteiger partial charge in [-0.25, -0.2) is 19.6 Å².